The number of rotatable bonds is 4. The van der Waals surface area contributed by atoms with Crippen LogP contribution in [0.3, 0.4) is 0 Å². The van der Waals surface area contributed by atoms with Gasteiger partial charge in [-0.3, -0.25) is 0 Å². The highest BCUT2D eigenvalue weighted by Gasteiger charge is 2.36. The number of fused-ring (bicyclic) bond motifs is 1. The van der Waals surface area contributed by atoms with E-state index in [9.17, 15) is 34.8 Å². The number of sulfonamides is 1. The van der Waals surface area contributed by atoms with Gasteiger partial charge < -0.3 is 4.52 Å². The summed E-state index contributed by atoms with van der Waals surface area (Å²) in [6.45, 7) is 0. The Hall–Kier alpha value is -4.31. The zero-order valence-corrected chi connectivity index (χ0v) is 19.3. The Bertz CT molecular complexity index is 1790. The summed E-state index contributed by atoms with van der Waals surface area (Å²) in [6.07, 6.45) is -8.70. The molecule has 0 bridgehead atoms. The molecule has 0 unspecified atom stereocenters. The Morgan fingerprint density at radius 2 is 1.58 bits per heavy atom. The number of aromatic nitrogens is 5. The number of benzene rings is 2. The average Bonchev–Trinajstić information content (AvgIpc) is 3.49. The summed E-state index contributed by atoms with van der Waals surface area (Å²) in [5.41, 5.74) is -3.38. The highest BCUT2D eigenvalue weighted by Crippen LogP contribution is 2.36. The van der Waals surface area contributed by atoms with E-state index in [1.807, 2.05) is 0 Å². The van der Waals surface area contributed by atoms with Crippen molar-refractivity contribution < 1.29 is 39.3 Å². The summed E-state index contributed by atoms with van der Waals surface area (Å²) in [6, 6.07) is 9.51. The number of nitrogens with two attached hydrogens (primary N) is 1. The molecule has 0 aliphatic heterocycles. The third-order valence-corrected chi connectivity index (χ3v) is 6.24. The minimum absolute atomic E-state index is 0.116. The number of halogens is 6. The first-order valence-electron chi connectivity index (χ1n) is 10.3. The van der Waals surface area contributed by atoms with E-state index >= 15 is 0 Å². The second-order valence-corrected chi connectivity index (χ2v) is 9.45. The molecule has 2 N–H and O–H groups in total. The summed E-state index contributed by atoms with van der Waals surface area (Å²) in [5.74, 6) is -0.437. The second kappa shape index (κ2) is 8.63. The monoisotopic (exact) mass is 554 g/mol. The first kappa shape index (κ1) is 25.3. The first-order chi connectivity index (χ1) is 17.7. The molecule has 0 amide bonds. The molecule has 5 aromatic rings. The van der Waals surface area contributed by atoms with Crippen LogP contribution in [0.15, 0.2) is 70.2 Å². The van der Waals surface area contributed by atoms with E-state index in [0.717, 1.165) is 18.3 Å². The van der Waals surface area contributed by atoms with E-state index in [1.165, 1.54) is 30.3 Å². The molecule has 196 valence electrons. The average molecular weight is 554 g/mol. The van der Waals surface area contributed by atoms with Crippen LogP contribution >= 0.6 is 0 Å². The molecule has 3 heterocycles. The maximum Gasteiger partial charge on any atom is 0.433 e. The van der Waals surface area contributed by atoms with Crippen molar-refractivity contribution in [2.24, 2.45) is 5.14 Å². The van der Waals surface area contributed by atoms with E-state index < -0.39 is 45.0 Å². The van der Waals surface area contributed by atoms with Gasteiger partial charge >= 0.3 is 12.4 Å². The highest BCUT2D eigenvalue weighted by molar-refractivity contribution is 7.89. The predicted molar refractivity (Wildman–Crippen MR) is 119 cm³/mol. The summed E-state index contributed by atoms with van der Waals surface area (Å²) in [4.78, 5) is 7.98. The highest BCUT2D eigenvalue weighted by atomic mass is 32.2. The van der Waals surface area contributed by atoms with Crippen molar-refractivity contribution in [2.75, 3.05) is 0 Å². The van der Waals surface area contributed by atoms with Crippen LogP contribution in [-0.4, -0.2) is 33.2 Å². The van der Waals surface area contributed by atoms with Crippen molar-refractivity contribution in [3.05, 3.63) is 72.1 Å². The van der Waals surface area contributed by atoms with Crippen molar-refractivity contribution in [1.82, 2.24) is 24.7 Å². The molecule has 0 saturated heterocycles. The number of primary sulfonamides is 1. The first-order valence-corrected chi connectivity index (χ1v) is 11.9. The van der Waals surface area contributed by atoms with Crippen LogP contribution in [-0.2, 0) is 22.4 Å². The molecule has 0 aliphatic rings. The Morgan fingerprint density at radius 1 is 0.868 bits per heavy atom. The lowest BCUT2D eigenvalue weighted by molar-refractivity contribution is -0.142. The molecule has 0 spiro atoms. The zero-order valence-electron chi connectivity index (χ0n) is 18.5. The molecule has 3 aromatic heterocycles. The summed E-state index contributed by atoms with van der Waals surface area (Å²) >= 11 is 0. The quantitative estimate of drug-likeness (QED) is 0.316. The van der Waals surface area contributed by atoms with Crippen molar-refractivity contribution in [3.63, 3.8) is 0 Å². The minimum atomic E-state index is -4.95. The van der Waals surface area contributed by atoms with Crippen LogP contribution in [0.5, 0.6) is 0 Å². The molecule has 0 aliphatic carbocycles. The fraction of sp³-hybridized carbons (Fsp3) is 0.0909. The molecule has 0 radical (unpaired) electrons. The summed E-state index contributed by atoms with van der Waals surface area (Å²) in [7, 11) is -4.05. The lowest BCUT2D eigenvalue weighted by Crippen LogP contribution is -2.14. The van der Waals surface area contributed by atoms with Gasteiger partial charge in [0.15, 0.2) is 11.3 Å². The third kappa shape index (κ3) is 4.70. The van der Waals surface area contributed by atoms with Gasteiger partial charge in [0.25, 0.3) is 5.89 Å². The molecular formula is C22H12F6N6O3S. The fourth-order valence-electron chi connectivity index (χ4n) is 3.58. The minimum Gasteiger partial charge on any atom is -0.333 e. The molecule has 2 aromatic carbocycles. The van der Waals surface area contributed by atoms with Gasteiger partial charge in [0.05, 0.1) is 22.3 Å². The number of hydrogen-bond acceptors (Lipinski definition) is 7. The second-order valence-electron chi connectivity index (χ2n) is 7.89. The van der Waals surface area contributed by atoms with Crippen molar-refractivity contribution in [3.8, 4) is 34.1 Å². The molecule has 0 atom stereocenters. The van der Waals surface area contributed by atoms with E-state index in [-0.39, 0.29) is 33.3 Å². The van der Waals surface area contributed by atoms with Gasteiger partial charge in [-0.2, -0.15) is 36.4 Å². The van der Waals surface area contributed by atoms with Gasteiger partial charge in [-0.1, -0.05) is 29.4 Å². The van der Waals surface area contributed by atoms with Gasteiger partial charge in [0.1, 0.15) is 5.56 Å². The smallest absolute Gasteiger partial charge is 0.333 e. The topological polar surface area (TPSA) is 129 Å². The Labute approximate surface area is 208 Å². The van der Waals surface area contributed by atoms with E-state index in [1.54, 1.807) is 0 Å². The maximum absolute atomic E-state index is 13.9. The van der Waals surface area contributed by atoms with Crippen molar-refractivity contribution >= 4 is 15.7 Å². The number of nitrogens with zero attached hydrogens (tertiary/aromatic N) is 5. The lowest BCUT2D eigenvalue weighted by Gasteiger charge is -2.12. The largest absolute Gasteiger partial charge is 0.433 e. The van der Waals surface area contributed by atoms with Crippen LogP contribution in [0, 0.1) is 0 Å². The Balaban J connectivity index is 1.66. The maximum atomic E-state index is 13.9. The lowest BCUT2D eigenvalue weighted by atomic mass is 10.1. The van der Waals surface area contributed by atoms with Crippen molar-refractivity contribution in [1.29, 1.82) is 0 Å². The zero-order chi connectivity index (χ0) is 27.5. The fourth-order valence-corrected chi connectivity index (χ4v) is 4.14. The molecular weight excluding hydrogens is 542 g/mol. The predicted octanol–water partition coefficient (Wildman–Crippen LogP) is 4.80. The van der Waals surface area contributed by atoms with Crippen LogP contribution in [0.25, 0.3) is 39.7 Å². The molecule has 0 saturated carbocycles. The number of alkyl halides is 6. The van der Waals surface area contributed by atoms with Crippen LogP contribution < -0.4 is 5.14 Å². The summed E-state index contributed by atoms with van der Waals surface area (Å²) < 4.78 is 110. The van der Waals surface area contributed by atoms with E-state index in [4.69, 9.17) is 9.66 Å². The van der Waals surface area contributed by atoms with Gasteiger partial charge in [0, 0.05) is 11.1 Å². The number of hydrogen-bond donors (Lipinski definition) is 1. The SMILES string of the molecule is NS(=O)(=O)c1cccc(-c2noc(-c3cnn4c(C(F)(F)F)cc(-c5cccc(C(F)(F)F)c5)nc34)n2)c1. The molecule has 5 rings (SSSR count). The van der Waals surface area contributed by atoms with E-state index in [0.29, 0.717) is 16.6 Å². The third-order valence-electron chi connectivity index (χ3n) is 5.33. The van der Waals surface area contributed by atoms with Crippen molar-refractivity contribution in [2.45, 2.75) is 17.2 Å². The van der Waals surface area contributed by atoms with Crippen LogP contribution in [0.4, 0.5) is 26.3 Å². The Kier molecular flexibility index (Phi) is 5.75. The standard InChI is InChI=1S/C22H12F6N6O3S/c23-21(24,25)13-5-1-3-11(7-13)16-9-17(22(26,27)28)34-19(31-16)15(10-30-34)20-32-18(33-37-20)12-4-2-6-14(8-12)38(29,35)36/h1-10H,(H2,29,35,36). The molecule has 16 heteroatoms. The van der Waals surface area contributed by atoms with Crippen LogP contribution in [0.1, 0.15) is 11.3 Å². The molecule has 9 nitrogen and oxygen atoms in total. The van der Waals surface area contributed by atoms with Gasteiger partial charge in [-0.25, -0.2) is 23.1 Å². The normalized spacial score (nSPS) is 12.8. The van der Waals surface area contributed by atoms with Gasteiger partial charge in [-0.15, -0.1) is 0 Å². The van der Waals surface area contributed by atoms with Crippen LogP contribution in [0.2, 0.25) is 0 Å². The molecule has 38 heavy (non-hydrogen) atoms. The summed E-state index contributed by atoms with van der Waals surface area (Å²) in [5, 5.41) is 12.6. The van der Waals surface area contributed by atoms with Gasteiger partial charge in [-0.05, 0) is 30.3 Å². The molecule has 0 fully saturated rings. The van der Waals surface area contributed by atoms with Gasteiger partial charge in [0.2, 0.25) is 15.8 Å². The van der Waals surface area contributed by atoms with E-state index in [2.05, 4.69) is 20.2 Å². The Morgan fingerprint density at radius 3 is 2.26 bits per heavy atom.